The third-order valence-corrected chi connectivity index (χ3v) is 5.65. The lowest BCUT2D eigenvalue weighted by Gasteiger charge is -2.36. The summed E-state index contributed by atoms with van der Waals surface area (Å²) in [6.07, 6.45) is 1.36. The lowest BCUT2D eigenvalue weighted by molar-refractivity contribution is -0.132. The van der Waals surface area contributed by atoms with Gasteiger partial charge in [-0.15, -0.1) is 0 Å². The summed E-state index contributed by atoms with van der Waals surface area (Å²) in [6, 6.07) is 9.28. The number of rotatable bonds is 4. The topological polar surface area (TPSA) is 75.5 Å². The van der Waals surface area contributed by atoms with Crippen LogP contribution in [-0.2, 0) is 11.3 Å². The number of piperazine rings is 1. The van der Waals surface area contributed by atoms with E-state index in [2.05, 4.69) is 4.98 Å². The first-order valence-electron chi connectivity index (χ1n) is 9.81. The van der Waals surface area contributed by atoms with E-state index in [1.54, 1.807) is 29.2 Å². The molecule has 1 fully saturated rings. The third-order valence-electron chi connectivity index (χ3n) is 5.42. The van der Waals surface area contributed by atoms with Crippen LogP contribution < -0.4 is 10.5 Å². The fraction of sp³-hybridized carbons (Fsp3) is 0.273. The fourth-order valence-corrected chi connectivity index (χ4v) is 3.84. The zero-order chi connectivity index (χ0) is 22.1. The molecule has 2 heterocycles. The molecule has 160 valence electrons. The van der Waals surface area contributed by atoms with Gasteiger partial charge in [0.15, 0.2) is 5.78 Å². The molecular weight excluding hydrogens is 423 g/mol. The van der Waals surface area contributed by atoms with E-state index >= 15 is 0 Å². The van der Waals surface area contributed by atoms with E-state index in [1.165, 1.54) is 30.0 Å². The van der Waals surface area contributed by atoms with Gasteiger partial charge in [0.05, 0.1) is 22.9 Å². The first-order valence-corrected chi connectivity index (χ1v) is 10.2. The Labute approximate surface area is 182 Å². The van der Waals surface area contributed by atoms with Crippen LogP contribution in [0, 0.1) is 5.82 Å². The number of hydrogen-bond donors (Lipinski definition) is 0. The molecule has 7 nitrogen and oxygen atoms in total. The predicted octanol–water partition coefficient (Wildman–Crippen LogP) is 2.74. The smallest absolute Gasteiger partial charge is 0.261 e. The largest absolute Gasteiger partial charge is 0.366 e. The van der Waals surface area contributed by atoms with Crippen molar-refractivity contribution in [1.82, 2.24) is 14.5 Å². The molecule has 31 heavy (non-hydrogen) atoms. The summed E-state index contributed by atoms with van der Waals surface area (Å²) in [6.45, 7) is 2.95. The molecule has 0 radical (unpaired) electrons. The quantitative estimate of drug-likeness (QED) is 0.581. The SMILES string of the molecule is CC(=O)c1ccc(N2CCN(C(=O)Cn3cnc4ccc(Cl)cc4c3=O)CC2)c(F)c1. The Morgan fingerprint density at radius 1 is 1.10 bits per heavy atom. The Bertz CT molecular complexity index is 1240. The normalized spacial score (nSPS) is 14.2. The van der Waals surface area contributed by atoms with Crippen LogP contribution >= 0.6 is 11.6 Å². The molecule has 3 aromatic rings. The van der Waals surface area contributed by atoms with E-state index in [-0.39, 0.29) is 23.8 Å². The highest BCUT2D eigenvalue weighted by atomic mass is 35.5. The van der Waals surface area contributed by atoms with Gasteiger partial charge in [-0.2, -0.15) is 0 Å². The standard InChI is InChI=1S/C22H20ClFN4O3/c1-14(29)15-2-5-20(18(24)10-15)26-6-8-27(9-7-26)21(30)12-28-13-25-19-4-3-16(23)11-17(19)22(28)31/h2-5,10-11,13H,6-9,12H2,1H3. The second-order valence-electron chi connectivity index (χ2n) is 7.43. The van der Waals surface area contributed by atoms with Gasteiger partial charge in [-0.1, -0.05) is 11.6 Å². The minimum absolute atomic E-state index is 0.129. The minimum Gasteiger partial charge on any atom is -0.366 e. The van der Waals surface area contributed by atoms with Crippen molar-refractivity contribution in [2.75, 3.05) is 31.1 Å². The summed E-state index contributed by atoms with van der Waals surface area (Å²) in [5, 5.41) is 0.785. The van der Waals surface area contributed by atoms with Crippen LogP contribution in [0.4, 0.5) is 10.1 Å². The van der Waals surface area contributed by atoms with Gasteiger partial charge in [-0.3, -0.25) is 19.0 Å². The van der Waals surface area contributed by atoms with Gasteiger partial charge in [0, 0.05) is 36.8 Å². The van der Waals surface area contributed by atoms with Crippen molar-refractivity contribution in [2.45, 2.75) is 13.5 Å². The number of ketones is 1. The summed E-state index contributed by atoms with van der Waals surface area (Å²) in [5.41, 5.74) is 0.923. The molecule has 1 saturated heterocycles. The maximum atomic E-state index is 14.4. The van der Waals surface area contributed by atoms with Crippen molar-refractivity contribution in [1.29, 1.82) is 0 Å². The van der Waals surface area contributed by atoms with Gasteiger partial charge in [0.1, 0.15) is 12.4 Å². The van der Waals surface area contributed by atoms with Crippen LogP contribution in [0.3, 0.4) is 0 Å². The Hall–Kier alpha value is -3.26. The second-order valence-corrected chi connectivity index (χ2v) is 7.87. The van der Waals surface area contributed by atoms with Crippen LogP contribution in [0.5, 0.6) is 0 Å². The maximum Gasteiger partial charge on any atom is 0.261 e. The lowest BCUT2D eigenvalue weighted by atomic mass is 10.1. The number of carbonyl (C=O) groups is 2. The van der Waals surface area contributed by atoms with Gasteiger partial charge in [-0.05, 0) is 43.3 Å². The van der Waals surface area contributed by atoms with Gasteiger partial charge in [-0.25, -0.2) is 9.37 Å². The molecule has 0 saturated carbocycles. The monoisotopic (exact) mass is 442 g/mol. The van der Waals surface area contributed by atoms with Crippen LogP contribution in [0.2, 0.25) is 5.02 Å². The second kappa shape index (κ2) is 8.47. The molecule has 0 aliphatic carbocycles. The number of anilines is 1. The zero-order valence-electron chi connectivity index (χ0n) is 16.8. The van der Waals surface area contributed by atoms with Crippen molar-refractivity contribution in [2.24, 2.45) is 0 Å². The summed E-state index contributed by atoms with van der Waals surface area (Å²) < 4.78 is 15.7. The number of Topliss-reactive ketones (excluding diaryl/α,β-unsaturated/α-hetero) is 1. The van der Waals surface area contributed by atoms with Crippen molar-refractivity contribution in [3.8, 4) is 0 Å². The molecule has 1 aliphatic heterocycles. The number of amides is 1. The number of aromatic nitrogens is 2. The molecule has 4 rings (SSSR count). The molecule has 1 aliphatic rings. The highest BCUT2D eigenvalue weighted by molar-refractivity contribution is 6.31. The van der Waals surface area contributed by atoms with Gasteiger partial charge in [0.25, 0.3) is 5.56 Å². The van der Waals surface area contributed by atoms with Crippen LogP contribution in [0.1, 0.15) is 17.3 Å². The van der Waals surface area contributed by atoms with Crippen molar-refractivity contribution < 1.29 is 14.0 Å². The first kappa shape index (κ1) is 21.0. The number of fused-ring (bicyclic) bond motifs is 1. The molecule has 1 aromatic heterocycles. The maximum absolute atomic E-state index is 14.4. The molecular formula is C22H20ClFN4O3. The molecule has 0 spiro atoms. The molecule has 2 aromatic carbocycles. The van der Waals surface area contributed by atoms with Crippen LogP contribution in [0.25, 0.3) is 10.9 Å². The number of carbonyl (C=O) groups excluding carboxylic acids is 2. The van der Waals surface area contributed by atoms with Crippen molar-refractivity contribution in [3.05, 3.63) is 69.5 Å². The fourth-order valence-electron chi connectivity index (χ4n) is 3.67. The van der Waals surface area contributed by atoms with E-state index in [9.17, 15) is 18.8 Å². The van der Waals surface area contributed by atoms with Crippen molar-refractivity contribution in [3.63, 3.8) is 0 Å². The van der Waals surface area contributed by atoms with E-state index in [1.807, 2.05) is 4.90 Å². The van der Waals surface area contributed by atoms with Gasteiger partial charge < -0.3 is 9.80 Å². The van der Waals surface area contributed by atoms with E-state index in [0.717, 1.165) is 0 Å². The molecule has 9 heteroatoms. The molecule has 0 bridgehead atoms. The summed E-state index contributed by atoms with van der Waals surface area (Å²) in [5.74, 6) is -0.862. The number of hydrogen-bond acceptors (Lipinski definition) is 5. The van der Waals surface area contributed by atoms with Gasteiger partial charge >= 0.3 is 0 Å². The molecule has 0 N–H and O–H groups in total. The van der Waals surface area contributed by atoms with E-state index < -0.39 is 5.82 Å². The lowest BCUT2D eigenvalue weighted by Crippen LogP contribution is -2.50. The molecule has 0 unspecified atom stereocenters. The Balaban J connectivity index is 1.43. The molecule has 0 atom stereocenters. The Kier molecular flexibility index (Phi) is 5.73. The Morgan fingerprint density at radius 3 is 2.52 bits per heavy atom. The van der Waals surface area contributed by atoms with Crippen LogP contribution in [-0.4, -0.2) is 52.3 Å². The summed E-state index contributed by atoms with van der Waals surface area (Å²) >= 11 is 5.97. The summed E-state index contributed by atoms with van der Waals surface area (Å²) in [7, 11) is 0. The number of nitrogens with zero attached hydrogens (tertiary/aromatic N) is 4. The number of halogens is 2. The summed E-state index contributed by atoms with van der Waals surface area (Å²) in [4.78, 5) is 44.5. The van der Waals surface area contributed by atoms with Gasteiger partial charge in [0.2, 0.25) is 5.91 Å². The average Bonchev–Trinajstić information content (AvgIpc) is 2.76. The van der Waals surface area contributed by atoms with E-state index in [0.29, 0.717) is 53.4 Å². The van der Waals surface area contributed by atoms with E-state index in [4.69, 9.17) is 11.6 Å². The minimum atomic E-state index is -0.458. The molecule has 1 amide bonds. The third kappa shape index (κ3) is 4.29. The van der Waals surface area contributed by atoms with Crippen LogP contribution in [0.15, 0.2) is 47.5 Å². The highest BCUT2D eigenvalue weighted by Crippen LogP contribution is 2.22. The zero-order valence-corrected chi connectivity index (χ0v) is 17.6. The average molecular weight is 443 g/mol. The Morgan fingerprint density at radius 2 is 1.84 bits per heavy atom. The highest BCUT2D eigenvalue weighted by Gasteiger charge is 2.23. The predicted molar refractivity (Wildman–Crippen MR) is 116 cm³/mol. The first-order chi connectivity index (χ1) is 14.8. The van der Waals surface area contributed by atoms with Crippen molar-refractivity contribution >= 4 is 39.9 Å². The number of benzene rings is 2.